The lowest BCUT2D eigenvalue weighted by Gasteiger charge is -2.50. The fourth-order valence-corrected chi connectivity index (χ4v) is 4.44. The molecule has 5 atom stereocenters. The molecule has 4 heterocycles. The van der Waals surface area contributed by atoms with Crippen molar-refractivity contribution in [3.05, 3.63) is 48.7 Å². The normalized spacial score (nSPS) is 29.0. The molecule has 1 aromatic carbocycles. The smallest absolute Gasteiger partial charge is 0.119 e. The summed E-state index contributed by atoms with van der Waals surface area (Å²) in [5.41, 5.74) is 1.85. The van der Waals surface area contributed by atoms with Gasteiger partial charge in [0.1, 0.15) is 5.75 Å². The van der Waals surface area contributed by atoms with E-state index < -0.39 is 6.10 Å². The van der Waals surface area contributed by atoms with Gasteiger partial charge in [0.2, 0.25) is 0 Å². The zero-order valence-electron chi connectivity index (χ0n) is 14.5. The summed E-state index contributed by atoms with van der Waals surface area (Å²) in [6.45, 7) is 6.07. The second-order valence-corrected chi connectivity index (χ2v) is 6.97. The van der Waals surface area contributed by atoms with E-state index in [1.165, 1.54) is 6.42 Å². The van der Waals surface area contributed by atoms with Gasteiger partial charge in [-0.05, 0) is 61.1 Å². The van der Waals surface area contributed by atoms with Crippen molar-refractivity contribution < 1.29 is 9.84 Å². The van der Waals surface area contributed by atoms with E-state index in [4.69, 9.17) is 4.74 Å². The Hall–Kier alpha value is -1.62. The van der Waals surface area contributed by atoms with E-state index in [2.05, 4.69) is 22.5 Å². The first kappa shape index (κ1) is 18.2. The van der Waals surface area contributed by atoms with Crippen LogP contribution in [-0.4, -0.2) is 41.2 Å². The molecule has 0 aliphatic carbocycles. The summed E-state index contributed by atoms with van der Waals surface area (Å²) in [6, 6.07) is 7.96. The van der Waals surface area contributed by atoms with Gasteiger partial charge in [0.15, 0.2) is 0 Å². The summed E-state index contributed by atoms with van der Waals surface area (Å²) in [6.07, 6.45) is 5.62. The van der Waals surface area contributed by atoms with Gasteiger partial charge >= 0.3 is 0 Å². The molecule has 3 aliphatic heterocycles. The molecule has 3 fully saturated rings. The maximum absolute atomic E-state index is 11.2. The molecule has 5 heteroatoms. The summed E-state index contributed by atoms with van der Waals surface area (Å²) >= 11 is 0. The number of methoxy groups -OCH3 is 1. The Balaban J connectivity index is 0.00000182. The molecule has 0 spiro atoms. The van der Waals surface area contributed by atoms with Crippen LogP contribution in [0.2, 0.25) is 0 Å². The average Bonchev–Trinajstić information content (AvgIpc) is 2.66. The molecular weight excluding hydrogens is 336 g/mol. The van der Waals surface area contributed by atoms with Crippen LogP contribution >= 0.6 is 12.4 Å². The molecule has 3 saturated heterocycles. The number of hydrogen-bond donors (Lipinski definition) is 1. The highest BCUT2D eigenvalue weighted by atomic mass is 35.5. The molecule has 1 N–H and O–H groups in total. The molecule has 2 unspecified atom stereocenters. The van der Waals surface area contributed by atoms with Crippen molar-refractivity contribution >= 4 is 23.3 Å². The van der Waals surface area contributed by atoms with Crippen LogP contribution in [0.5, 0.6) is 5.75 Å². The Bertz CT molecular complexity index is 766. The number of aliphatic hydroxyl groups is 1. The predicted molar refractivity (Wildman–Crippen MR) is 102 cm³/mol. The maximum atomic E-state index is 11.2. The van der Waals surface area contributed by atoms with Gasteiger partial charge in [-0.3, -0.25) is 9.88 Å². The number of aliphatic hydroxyl groups excluding tert-OH is 1. The molecule has 2 bridgehead atoms. The van der Waals surface area contributed by atoms with E-state index >= 15 is 0 Å². The number of benzene rings is 1. The number of aromatic nitrogens is 1. The fourth-order valence-electron chi connectivity index (χ4n) is 4.44. The van der Waals surface area contributed by atoms with E-state index in [0.29, 0.717) is 11.8 Å². The van der Waals surface area contributed by atoms with Crippen molar-refractivity contribution in [2.24, 2.45) is 11.8 Å². The number of ether oxygens (including phenoxy) is 1. The molecule has 3 aliphatic rings. The quantitative estimate of drug-likeness (QED) is 0.846. The zero-order chi connectivity index (χ0) is 16.7. The number of nitrogens with zero attached hydrogens (tertiary/aromatic N) is 2. The third-order valence-corrected chi connectivity index (χ3v) is 5.82. The van der Waals surface area contributed by atoms with Crippen LogP contribution in [0.4, 0.5) is 0 Å². The number of piperidine rings is 3. The van der Waals surface area contributed by atoms with Gasteiger partial charge in [0.05, 0.1) is 18.7 Å². The van der Waals surface area contributed by atoms with E-state index in [1.54, 1.807) is 13.3 Å². The molecular formula is C20H25ClN2O2. The molecule has 0 saturated carbocycles. The summed E-state index contributed by atoms with van der Waals surface area (Å²) in [4.78, 5) is 6.86. The average molecular weight is 361 g/mol. The van der Waals surface area contributed by atoms with Crippen LogP contribution in [0.25, 0.3) is 10.9 Å². The highest BCUT2D eigenvalue weighted by Gasteiger charge is 2.42. The minimum atomic E-state index is -0.504. The van der Waals surface area contributed by atoms with E-state index in [0.717, 1.165) is 41.7 Å². The Kier molecular flexibility index (Phi) is 5.32. The molecule has 1 aromatic heterocycles. The SMILES string of the molecule is C=C[C@H]1CN2CCC1C[C@H]2[C@H](O)c1ccnc2ccc(OC)cc12.Cl. The Morgan fingerprint density at radius 3 is 2.92 bits per heavy atom. The number of rotatable bonds is 4. The van der Waals surface area contributed by atoms with Gasteiger partial charge in [-0.1, -0.05) is 6.08 Å². The van der Waals surface area contributed by atoms with Crippen molar-refractivity contribution in [1.82, 2.24) is 9.88 Å². The fraction of sp³-hybridized carbons (Fsp3) is 0.450. The van der Waals surface area contributed by atoms with Gasteiger partial charge in [0.25, 0.3) is 0 Å². The third kappa shape index (κ3) is 3.14. The highest BCUT2D eigenvalue weighted by Crippen LogP contribution is 2.42. The Morgan fingerprint density at radius 2 is 2.24 bits per heavy atom. The molecule has 0 radical (unpaired) electrons. The standard InChI is InChI=1S/C20H24N2O2.ClH/c1-3-13-12-22-9-7-14(13)10-19(22)20(23)16-6-8-21-18-5-4-15(24-2)11-17(16)18;/h3-6,8,11,13-14,19-20,23H,1,7,9-10,12H2,2H3;1H/t13-,14?,19-,20+;/m0./s1. The first-order chi connectivity index (χ1) is 11.7. The van der Waals surface area contributed by atoms with Crippen LogP contribution < -0.4 is 4.74 Å². The molecule has 2 aromatic rings. The topological polar surface area (TPSA) is 45.6 Å². The van der Waals surface area contributed by atoms with Crippen LogP contribution in [-0.2, 0) is 0 Å². The number of halogens is 1. The van der Waals surface area contributed by atoms with Crippen molar-refractivity contribution in [3.8, 4) is 5.75 Å². The van der Waals surface area contributed by atoms with Crippen LogP contribution in [0, 0.1) is 11.8 Å². The summed E-state index contributed by atoms with van der Waals surface area (Å²) < 4.78 is 5.35. The lowest BCUT2D eigenvalue weighted by atomic mass is 9.73. The van der Waals surface area contributed by atoms with Crippen LogP contribution in [0.3, 0.4) is 0 Å². The highest BCUT2D eigenvalue weighted by molar-refractivity contribution is 5.85. The minimum absolute atomic E-state index is 0. The molecule has 0 amide bonds. The van der Waals surface area contributed by atoms with E-state index in [-0.39, 0.29) is 18.4 Å². The lowest BCUT2D eigenvalue weighted by molar-refractivity contribution is -0.0444. The van der Waals surface area contributed by atoms with Crippen molar-refractivity contribution in [3.63, 3.8) is 0 Å². The largest absolute Gasteiger partial charge is 0.497 e. The summed E-state index contributed by atoms with van der Waals surface area (Å²) in [7, 11) is 1.66. The first-order valence-corrected chi connectivity index (χ1v) is 8.68. The van der Waals surface area contributed by atoms with E-state index in [1.807, 2.05) is 24.3 Å². The van der Waals surface area contributed by atoms with Gasteiger partial charge in [0, 0.05) is 24.2 Å². The molecule has 25 heavy (non-hydrogen) atoms. The van der Waals surface area contributed by atoms with E-state index in [9.17, 15) is 5.11 Å². The number of fused-ring (bicyclic) bond motifs is 4. The second-order valence-electron chi connectivity index (χ2n) is 6.97. The summed E-state index contributed by atoms with van der Waals surface area (Å²) in [5.74, 6) is 2.01. The van der Waals surface area contributed by atoms with Crippen molar-refractivity contribution in [1.29, 1.82) is 0 Å². The minimum Gasteiger partial charge on any atom is -0.497 e. The molecule has 5 rings (SSSR count). The zero-order valence-corrected chi connectivity index (χ0v) is 15.3. The van der Waals surface area contributed by atoms with Crippen LogP contribution in [0.15, 0.2) is 43.1 Å². The van der Waals surface area contributed by atoms with Gasteiger partial charge in [-0.25, -0.2) is 0 Å². The van der Waals surface area contributed by atoms with Crippen molar-refractivity contribution in [2.45, 2.75) is 25.0 Å². The molecule has 4 nitrogen and oxygen atoms in total. The van der Waals surface area contributed by atoms with Crippen LogP contribution in [0.1, 0.15) is 24.5 Å². The Morgan fingerprint density at radius 1 is 1.40 bits per heavy atom. The first-order valence-electron chi connectivity index (χ1n) is 8.68. The monoisotopic (exact) mass is 360 g/mol. The third-order valence-electron chi connectivity index (χ3n) is 5.82. The molecule has 134 valence electrons. The second kappa shape index (κ2) is 7.32. The van der Waals surface area contributed by atoms with Gasteiger partial charge in [-0.2, -0.15) is 0 Å². The summed E-state index contributed by atoms with van der Waals surface area (Å²) in [5, 5.41) is 12.1. The predicted octanol–water partition coefficient (Wildman–Crippen LogP) is 3.60. The number of pyridine rings is 1. The lowest BCUT2D eigenvalue weighted by Crippen LogP contribution is -2.54. The van der Waals surface area contributed by atoms with Gasteiger partial charge < -0.3 is 9.84 Å². The Labute approximate surface area is 154 Å². The van der Waals surface area contributed by atoms with Crippen molar-refractivity contribution in [2.75, 3.05) is 20.2 Å². The van der Waals surface area contributed by atoms with Gasteiger partial charge in [-0.15, -0.1) is 19.0 Å². The number of hydrogen-bond acceptors (Lipinski definition) is 4. The maximum Gasteiger partial charge on any atom is 0.119 e.